The highest BCUT2D eigenvalue weighted by Crippen LogP contribution is 2.39. The summed E-state index contributed by atoms with van der Waals surface area (Å²) in [6, 6.07) is 23.1. The van der Waals surface area contributed by atoms with Gasteiger partial charge in [0.05, 0.1) is 11.8 Å². The fraction of sp³-hybridized carbons (Fsp3) is 0.317. The molecule has 3 amide bonds. The number of hydrogen-bond acceptors (Lipinski definition) is 8. The van der Waals surface area contributed by atoms with Crippen molar-refractivity contribution in [2.24, 2.45) is 4.99 Å². The van der Waals surface area contributed by atoms with E-state index in [-0.39, 0.29) is 29.8 Å². The monoisotopic (exact) mass is 728 g/mol. The second-order valence-corrected chi connectivity index (χ2v) is 14.8. The second-order valence-electron chi connectivity index (χ2n) is 13.6. The Morgan fingerprint density at radius 3 is 2.21 bits per heavy atom. The molecule has 0 unspecified atom stereocenters. The Kier molecular flexibility index (Phi) is 10.2. The molecule has 2 atom stereocenters. The van der Waals surface area contributed by atoms with Gasteiger partial charge in [0.25, 0.3) is 11.8 Å². The number of benzene rings is 3. The van der Waals surface area contributed by atoms with Crippen molar-refractivity contribution < 1.29 is 14.4 Å². The van der Waals surface area contributed by atoms with Crippen LogP contribution in [0.2, 0.25) is 0 Å². The molecule has 0 fully saturated rings. The molecule has 0 radical (unpaired) electrons. The van der Waals surface area contributed by atoms with Crippen LogP contribution in [0.3, 0.4) is 0 Å². The van der Waals surface area contributed by atoms with Crippen LogP contribution in [0.4, 0.5) is 11.4 Å². The van der Waals surface area contributed by atoms with E-state index in [2.05, 4.69) is 57.6 Å². The summed E-state index contributed by atoms with van der Waals surface area (Å²) in [5, 5.41) is 19.2. The number of aliphatic imine (C=N–C) groups is 1. The van der Waals surface area contributed by atoms with E-state index in [9.17, 15) is 14.4 Å². The summed E-state index contributed by atoms with van der Waals surface area (Å²) in [5.74, 6) is 1.44. The minimum atomic E-state index is -0.168. The summed E-state index contributed by atoms with van der Waals surface area (Å²) >= 11 is 1.72. The number of rotatable bonds is 10. The van der Waals surface area contributed by atoms with E-state index < -0.39 is 0 Å². The van der Waals surface area contributed by atoms with Gasteiger partial charge >= 0.3 is 0 Å². The molecule has 5 aromatic rings. The molecule has 7 rings (SSSR count). The highest BCUT2D eigenvalue weighted by molar-refractivity contribution is 7.15. The van der Waals surface area contributed by atoms with Crippen LogP contribution in [-0.2, 0) is 11.3 Å². The van der Waals surface area contributed by atoms with E-state index in [1.54, 1.807) is 11.3 Å². The lowest BCUT2D eigenvalue weighted by Gasteiger charge is -2.40. The number of nitrogens with zero attached hydrogens (tertiary/aromatic N) is 5. The molecular formula is C41H44N8O3S. The average molecular weight is 729 g/mol. The average Bonchev–Trinajstić information content (AvgIpc) is 3.62. The van der Waals surface area contributed by atoms with E-state index in [0.717, 1.165) is 56.8 Å². The molecule has 2 aliphatic heterocycles. The van der Waals surface area contributed by atoms with Crippen LogP contribution in [0.15, 0.2) is 77.8 Å². The summed E-state index contributed by atoms with van der Waals surface area (Å²) in [5.41, 5.74) is 8.17. The van der Waals surface area contributed by atoms with Gasteiger partial charge in [-0.2, -0.15) is 0 Å². The molecular weight excluding hydrogens is 685 g/mol. The van der Waals surface area contributed by atoms with Crippen molar-refractivity contribution in [2.75, 3.05) is 23.3 Å². The first-order valence-corrected chi connectivity index (χ1v) is 19.0. The third-order valence-corrected chi connectivity index (χ3v) is 11.3. The molecule has 12 heteroatoms. The number of thiophene rings is 1. The van der Waals surface area contributed by atoms with Crippen molar-refractivity contribution in [3.05, 3.63) is 123 Å². The van der Waals surface area contributed by atoms with E-state index in [0.29, 0.717) is 43.6 Å². The first-order valence-electron chi connectivity index (χ1n) is 18.1. The van der Waals surface area contributed by atoms with Gasteiger partial charge in [0.2, 0.25) is 5.91 Å². The van der Waals surface area contributed by atoms with Crippen LogP contribution in [0.5, 0.6) is 0 Å². The maximum Gasteiger partial charge on any atom is 0.251 e. The predicted octanol–water partition coefficient (Wildman–Crippen LogP) is 6.84. The van der Waals surface area contributed by atoms with Crippen LogP contribution >= 0.6 is 11.3 Å². The zero-order valence-electron chi connectivity index (χ0n) is 30.7. The molecule has 3 aromatic carbocycles. The lowest BCUT2D eigenvalue weighted by Crippen LogP contribution is -2.44. The first kappa shape index (κ1) is 35.8. The molecule has 0 spiro atoms. The Morgan fingerprint density at radius 1 is 0.868 bits per heavy atom. The van der Waals surface area contributed by atoms with E-state index in [1.807, 2.05) is 85.5 Å². The van der Waals surface area contributed by atoms with Crippen LogP contribution in [0.1, 0.15) is 98.6 Å². The summed E-state index contributed by atoms with van der Waals surface area (Å²) in [4.78, 5) is 46.6. The Balaban J connectivity index is 0.893. The van der Waals surface area contributed by atoms with E-state index in [1.165, 1.54) is 10.4 Å². The smallest absolute Gasteiger partial charge is 0.251 e. The number of anilines is 2. The Morgan fingerprint density at radius 2 is 1.53 bits per heavy atom. The van der Waals surface area contributed by atoms with Crippen LogP contribution in [-0.4, -0.2) is 57.3 Å². The minimum absolute atomic E-state index is 0.0444. The van der Waals surface area contributed by atoms with Crippen molar-refractivity contribution in [1.29, 1.82) is 0 Å². The lowest BCUT2D eigenvalue weighted by atomic mass is 9.91. The predicted molar refractivity (Wildman–Crippen MR) is 210 cm³/mol. The van der Waals surface area contributed by atoms with E-state index in [4.69, 9.17) is 4.99 Å². The number of carbonyl (C=O) groups is 3. The fourth-order valence-electron chi connectivity index (χ4n) is 7.18. The molecule has 0 bridgehead atoms. The minimum Gasteiger partial charge on any atom is -0.378 e. The molecule has 3 N–H and O–H groups in total. The summed E-state index contributed by atoms with van der Waals surface area (Å²) in [6.07, 6.45) is 1.83. The number of nitrogens with one attached hydrogen (secondary N) is 3. The second kappa shape index (κ2) is 15.2. The largest absolute Gasteiger partial charge is 0.378 e. The van der Waals surface area contributed by atoms with Crippen molar-refractivity contribution in [2.45, 2.75) is 72.5 Å². The van der Waals surface area contributed by atoms with Gasteiger partial charge in [-0.1, -0.05) is 37.3 Å². The van der Waals surface area contributed by atoms with Gasteiger partial charge in [-0.05, 0) is 94.1 Å². The zero-order chi connectivity index (χ0) is 37.2. The summed E-state index contributed by atoms with van der Waals surface area (Å²) in [6.45, 7) is 11.4. The van der Waals surface area contributed by atoms with Crippen molar-refractivity contribution in [1.82, 2.24) is 25.4 Å². The standard InChI is InChI=1S/C41H44N8O3S/c1-6-36(50)48-24(2)22-33(32-10-7-8-11-34(32)48)45-31-18-16-30(17-19-31)40(52)43-21-9-20-42-39(51)29-14-12-28(13-15-29)38-37-25(3)26(4)53-41(37)49-27(5)46-47-35(49)23-44-38/h7-8,10-19,24,33,45H,6,9,20-23H2,1-5H3,(H,42,51)(H,43,52)/t24-,33+/m0/s1. The quantitative estimate of drug-likeness (QED) is 0.135. The Bertz CT molecular complexity index is 2200. The summed E-state index contributed by atoms with van der Waals surface area (Å²) < 4.78 is 2.10. The Hall–Kier alpha value is -5.62. The van der Waals surface area contributed by atoms with Gasteiger partial charge < -0.3 is 20.9 Å². The molecule has 2 aliphatic rings. The molecule has 53 heavy (non-hydrogen) atoms. The molecule has 0 aliphatic carbocycles. The van der Waals surface area contributed by atoms with Crippen molar-refractivity contribution in [3.8, 4) is 5.00 Å². The first-order chi connectivity index (χ1) is 25.6. The lowest BCUT2D eigenvalue weighted by molar-refractivity contribution is -0.118. The van der Waals surface area contributed by atoms with Gasteiger partial charge in [-0.3, -0.25) is 23.9 Å². The third-order valence-electron chi connectivity index (χ3n) is 10.1. The molecule has 2 aromatic heterocycles. The van der Waals surface area contributed by atoms with Crippen LogP contribution in [0.25, 0.3) is 5.00 Å². The topological polar surface area (TPSA) is 134 Å². The van der Waals surface area contributed by atoms with Crippen molar-refractivity contribution in [3.63, 3.8) is 0 Å². The number of carbonyl (C=O) groups excluding carboxylic acids is 3. The number of aryl methyl sites for hydroxylation is 2. The third kappa shape index (κ3) is 7.11. The molecule has 0 saturated heterocycles. The number of para-hydroxylation sites is 1. The van der Waals surface area contributed by atoms with Gasteiger partial charge in [0.15, 0.2) is 5.82 Å². The molecule has 272 valence electrons. The normalized spacial score (nSPS) is 16.1. The van der Waals surface area contributed by atoms with Crippen LogP contribution in [0, 0.1) is 20.8 Å². The summed E-state index contributed by atoms with van der Waals surface area (Å²) in [7, 11) is 0. The Labute approximate surface area is 313 Å². The maximum absolute atomic E-state index is 13.0. The van der Waals surface area contributed by atoms with Gasteiger partial charge in [-0.25, -0.2) is 0 Å². The fourth-order valence-corrected chi connectivity index (χ4v) is 8.40. The SMILES string of the molecule is CCC(=O)N1c2ccccc2[C@H](Nc2ccc(C(=O)NCCCNC(=O)c3ccc(C4=NCc5nnc(C)n5-c5sc(C)c(C)c54)cc3)cc2)C[C@@H]1C. The van der Waals surface area contributed by atoms with Gasteiger partial charge in [0, 0.05) is 64.1 Å². The maximum atomic E-state index is 13.0. The highest BCUT2D eigenvalue weighted by atomic mass is 32.1. The number of hydrogen-bond donors (Lipinski definition) is 3. The van der Waals surface area contributed by atoms with Crippen LogP contribution < -0.4 is 20.9 Å². The van der Waals surface area contributed by atoms with Gasteiger partial charge in [0.1, 0.15) is 17.4 Å². The van der Waals surface area contributed by atoms with Gasteiger partial charge in [-0.15, -0.1) is 21.5 Å². The molecule has 11 nitrogen and oxygen atoms in total. The van der Waals surface area contributed by atoms with Crippen molar-refractivity contribution >= 4 is 46.1 Å². The molecule has 4 heterocycles. The molecule has 0 saturated carbocycles. The number of fused-ring (bicyclic) bond motifs is 4. The number of aromatic nitrogens is 3. The van der Waals surface area contributed by atoms with E-state index >= 15 is 0 Å². The number of amides is 3. The highest BCUT2D eigenvalue weighted by Gasteiger charge is 2.33. The zero-order valence-corrected chi connectivity index (χ0v) is 31.5.